The monoisotopic (exact) mass is 451 g/mol. The first-order valence-corrected chi connectivity index (χ1v) is 11.5. The van der Waals surface area contributed by atoms with Crippen LogP contribution in [0.4, 0.5) is 11.4 Å². The number of carbonyl (C=O) groups excluding carboxylic acids is 2. The van der Waals surface area contributed by atoms with E-state index in [1.165, 1.54) is 19.1 Å². The number of anilines is 2. The van der Waals surface area contributed by atoms with E-state index in [9.17, 15) is 18.0 Å². The molecule has 0 saturated heterocycles. The van der Waals surface area contributed by atoms with Crippen molar-refractivity contribution in [2.75, 3.05) is 17.2 Å². The molecule has 0 fully saturated rings. The van der Waals surface area contributed by atoms with Gasteiger partial charge in [-0.25, -0.2) is 8.42 Å². The molecule has 0 spiro atoms. The van der Waals surface area contributed by atoms with Gasteiger partial charge in [0.15, 0.2) is 0 Å². The van der Waals surface area contributed by atoms with Crippen LogP contribution >= 0.6 is 0 Å². The number of sulfonamides is 1. The van der Waals surface area contributed by atoms with Crippen LogP contribution in [-0.4, -0.2) is 31.1 Å². The Kier molecular flexibility index (Phi) is 7.40. The summed E-state index contributed by atoms with van der Waals surface area (Å²) in [6, 6.07) is 22.2. The number of amides is 2. The molecule has 2 N–H and O–H groups in total. The molecule has 0 radical (unpaired) electrons. The molecule has 0 heterocycles. The fourth-order valence-electron chi connectivity index (χ4n) is 3.10. The Bertz CT molecular complexity index is 1190. The van der Waals surface area contributed by atoms with Gasteiger partial charge in [-0.1, -0.05) is 54.1 Å². The summed E-state index contributed by atoms with van der Waals surface area (Å²) < 4.78 is 27.7. The number of nitrogens with zero attached hydrogens (tertiary/aromatic N) is 1. The van der Waals surface area contributed by atoms with E-state index in [1.807, 2.05) is 31.2 Å². The van der Waals surface area contributed by atoms with Crippen LogP contribution in [0, 0.1) is 6.92 Å². The first-order valence-electron chi connectivity index (χ1n) is 10.0. The van der Waals surface area contributed by atoms with Crippen LogP contribution in [0.15, 0.2) is 83.8 Å². The maximum atomic E-state index is 13.3. The number of benzene rings is 3. The van der Waals surface area contributed by atoms with Crippen molar-refractivity contribution in [3.8, 4) is 0 Å². The summed E-state index contributed by atoms with van der Waals surface area (Å²) >= 11 is 0. The lowest BCUT2D eigenvalue weighted by molar-refractivity contribution is -0.116. The van der Waals surface area contributed by atoms with Gasteiger partial charge in [-0.05, 0) is 42.8 Å². The van der Waals surface area contributed by atoms with Crippen molar-refractivity contribution >= 4 is 33.2 Å². The average molecular weight is 452 g/mol. The van der Waals surface area contributed by atoms with Gasteiger partial charge in [0.2, 0.25) is 21.8 Å². The zero-order chi connectivity index (χ0) is 23.1. The minimum atomic E-state index is -3.91. The molecule has 0 bridgehead atoms. The number of hydrogen-bond acceptors (Lipinski definition) is 4. The fraction of sp³-hybridized carbons (Fsp3) is 0.167. The molecule has 3 aromatic carbocycles. The molecule has 0 aliphatic carbocycles. The van der Waals surface area contributed by atoms with Crippen LogP contribution in [0.5, 0.6) is 0 Å². The van der Waals surface area contributed by atoms with Gasteiger partial charge in [0.25, 0.3) is 0 Å². The zero-order valence-corrected chi connectivity index (χ0v) is 18.7. The summed E-state index contributed by atoms with van der Waals surface area (Å²) in [5.41, 5.74) is 2.82. The average Bonchev–Trinajstić information content (AvgIpc) is 2.75. The number of aryl methyl sites for hydroxylation is 1. The molecule has 7 nitrogen and oxygen atoms in total. The van der Waals surface area contributed by atoms with Crippen LogP contribution in [0.2, 0.25) is 0 Å². The van der Waals surface area contributed by atoms with E-state index in [2.05, 4.69) is 10.6 Å². The zero-order valence-electron chi connectivity index (χ0n) is 17.9. The van der Waals surface area contributed by atoms with Gasteiger partial charge in [-0.15, -0.1) is 0 Å². The lowest BCUT2D eigenvalue weighted by Gasteiger charge is -2.22. The number of rotatable bonds is 8. The highest BCUT2D eigenvalue weighted by Crippen LogP contribution is 2.20. The van der Waals surface area contributed by atoms with Crippen molar-refractivity contribution < 1.29 is 18.0 Å². The fourth-order valence-corrected chi connectivity index (χ4v) is 4.51. The minimum absolute atomic E-state index is 0.0524. The molecule has 0 aliphatic heterocycles. The standard InChI is InChI=1S/C24H25N3O4S/c1-18-11-13-20(14-12-18)16-27(32(30,31)23-9-4-3-5-10-23)17-24(29)26-22-8-6-7-21(15-22)25-19(2)28/h3-15H,16-17H2,1-2H3,(H,25,28)(H,26,29). The summed E-state index contributed by atoms with van der Waals surface area (Å²) in [5, 5.41) is 5.35. The second-order valence-corrected chi connectivity index (χ2v) is 9.32. The van der Waals surface area contributed by atoms with Gasteiger partial charge < -0.3 is 10.6 Å². The highest BCUT2D eigenvalue weighted by Gasteiger charge is 2.27. The molecule has 0 saturated carbocycles. The van der Waals surface area contributed by atoms with E-state index in [-0.39, 0.29) is 23.9 Å². The maximum Gasteiger partial charge on any atom is 0.243 e. The van der Waals surface area contributed by atoms with E-state index < -0.39 is 15.9 Å². The molecule has 0 aliphatic rings. The predicted molar refractivity (Wildman–Crippen MR) is 125 cm³/mol. The molecular formula is C24H25N3O4S. The summed E-state index contributed by atoms with van der Waals surface area (Å²) in [5.74, 6) is -0.719. The SMILES string of the molecule is CC(=O)Nc1cccc(NC(=O)CN(Cc2ccc(C)cc2)S(=O)(=O)c2ccccc2)c1. The molecule has 3 rings (SSSR count). The first-order chi connectivity index (χ1) is 15.2. The lowest BCUT2D eigenvalue weighted by atomic mass is 10.1. The van der Waals surface area contributed by atoms with Gasteiger partial charge >= 0.3 is 0 Å². The van der Waals surface area contributed by atoms with Crippen molar-refractivity contribution in [3.63, 3.8) is 0 Å². The third-order valence-electron chi connectivity index (χ3n) is 4.65. The number of nitrogens with one attached hydrogen (secondary N) is 2. The third-order valence-corrected chi connectivity index (χ3v) is 6.45. The maximum absolute atomic E-state index is 13.3. The minimum Gasteiger partial charge on any atom is -0.326 e. The van der Waals surface area contributed by atoms with Gasteiger partial charge in [0, 0.05) is 24.8 Å². The molecule has 0 unspecified atom stereocenters. The van der Waals surface area contributed by atoms with E-state index >= 15 is 0 Å². The second-order valence-electron chi connectivity index (χ2n) is 7.38. The lowest BCUT2D eigenvalue weighted by Crippen LogP contribution is -2.37. The van der Waals surface area contributed by atoms with E-state index in [0.717, 1.165) is 15.4 Å². The Labute approximate surface area is 188 Å². The first kappa shape index (κ1) is 23.2. The number of hydrogen-bond donors (Lipinski definition) is 2. The Morgan fingerprint density at radius 3 is 2.09 bits per heavy atom. The van der Waals surface area contributed by atoms with Crippen LogP contribution in [-0.2, 0) is 26.2 Å². The Hall–Kier alpha value is -3.49. The van der Waals surface area contributed by atoms with Crippen LogP contribution in [0.1, 0.15) is 18.1 Å². The van der Waals surface area contributed by atoms with E-state index in [1.54, 1.807) is 42.5 Å². The molecular weight excluding hydrogens is 426 g/mol. The van der Waals surface area contributed by atoms with Crippen LogP contribution in [0.25, 0.3) is 0 Å². The normalized spacial score (nSPS) is 11.2. The Morgan fingerprint density at radius 1 is 0.844 bits per heavy atom. The van der Waals surface area contributed by atoms with Gasteiger partial charge in [-0.3, -0.25) is 9.59 Å². The van der Waals surface area contributed by atoms with E-state index in [4.69, 9.17) is 0 Å². The smallest absolute Gasteiger partial charge is 0.243 e. The van der Waals surface area contributed by atoms with Crippen LogP contribution in [0.3, 0.4) is 0 Å². The summed E-state index contributed by atoms with van der Waals surface area (Å²) in [7, 11) is -3.91. The molecule has 3 aromatic rings. The van der Waals surface area contributed by atoms with Gasteiger partial charge in [-0.2, -0.15) is 4.31 Å². The Balaban J connectivity index is 1.82. The summed E-state index contributed by atoms with van der Waals surface area (Å²) in [4.78, 5) is 24.2. The van der Waals surface area contributed by atoms with Crippen molar-refractivity contribution in [1.29, 1.82) is 0 Å². The quantitative estimate of drug-likeness (QED) is 0.545. The second kappa shape index (κ2) is 10.2. The highest BCUT2D eigenvalue weighted by molar-refractivity contribution is 7.89. The predicted octanol–water partition coefficient (Wildman–Crippen LogP) is 3.78. The third kappa shape index (κ3) is 6.26. The molecule has 0 atom stereocenters. The topological polar surface area (TPSA) is 95.6 Å². The van der Waals surface area contributed by atoms with Gasteiger partial charge in [0.1, 0.15) is 0 Å². The number of carbonyl (C=O) groups is 2. The summed E-state index contributed by atoms with van der Waals surface area (Å²) in [6.07, 6.45) is 0. The highest BCUT2D eigenvalue weighted by atomic mass is 32.2. The van der Waals surface area contributed by atoms with Crippen molar-refractivity contribution in [3.05, 3.63) is 90.0 Å². The Morgan fingerprint density at radius 2 is 1.47 bits per heavy atom. The van der Waals surface area contributed by atoms with Gasteiger partial charge in [0.05, 0.1) is 11.4 Å². The molecule has 0 aromatic heterocycles. The summed E-state index contributed by atoms with van der Waals surface area (Å²) in [6.45, 7) is 3.03. The van der Waals surface area contributed by atoms with Crippen molar-refractivity contribution in [2.24, 2.45) is 0 Å². The molecule has 2 amide bonds. The molecule has 8 heteroatoms. The molecule has 166 valence electrons. The van der Waals surface area contributed by atoms with Crippen LogP contribution < -0.4 is 10.6 Å². The van der Waals surface area contributed by atoms with E-state index in [0.29, 0.717) is 11.4 Å². The largest absolute Gasteiger partial charge is 0.326 e. The molecule has 32 heavy (non-hydrogen) atoms. The van der Waals surface area contributed by atoms with Crippen molar-refractivity contribution in [2.45, 2.75) is 25.3 Å². The van der Waals surface area contributed by atoms with Crippen molar-refractivity contribution in [1.82, 2.24) is 4.31 Å².